The van der Waals surface area contributed by atoms with E-state index in [1.165, 1.54) is 92.5 Å². The lowest BCUT2D eigenvalue weighted by Crippen LogP contribution is -2.28. The number of hydrogen-bond acceptors (Lipinski definition) is 2. The normalized spacial score (nSPS) is 15.3. The lowest BCUT2D eigenvalue weighted by atomic mass is 9.68. The highest BCUT2D eigenvalue weighted by Crippen LogP contribution is 2.58. The Balaban J connectivity index is 1.06. The van der Waals surface area contributed by atoms with Crippen molar-refractivity contribution in [3.63, 3.8) is 0 Å². The molecule has 0 radical (unpaired) electrons. The van der Waals surface area contributed by atoms with Gasteiger partial charge < -0.3 is 4.90 Å². The molecule has 0 amide bonds. The second-order valence-corrected chi connectivity index (χ2v) is 18.8. The van der Waals surface area contributed by atoms with Gasteiger partial charge in [0, 0.05) is 42.6 Å². The first kappa shape index (κ1) is 37.7. The van der Waals surface area contributed by atoms with Gasteiger partial charge in [-0.1, -0.05) is 194 Å². The van der Waals surface area contributed by atoms with Crippen molar-refractivity contribution in [1.82, 2.24) is 0 Å². The summed E-state index contributed by atoms with van der Waals surface area (Å²) in [7, 11) is 0. The van der Waals surface area contributed by atoms with Crippen LogP contribution in [0.1, 0.15) is 45.9 Å². The Bertz CT molecular complexity index is 3580. The predicted octanol–water partition coefficient (Wildman–Crippen LogP) is 16.9. The fraction of sp³-hybridized carbons (Fsp3) is 0.0476. The summed E-state index contributed by atoms with van der Waals surface area (Å²) in [5, 5.41) is 2.62. The molecule has 0 saturated carbocycles. The number of anilines is 3. The number of thiophene rings is 1. The van der Waals surface area contributed by atoms with Gasteiger partial charge in [-0.3, -0.25) is 0 Å². The molecule has 1 heterocycles. The molecule has 2 heteroatoms. The zero-order valence-corrected chi connectivity index (χ0v) is 36.8. The van der Waals surface area contributed by atoms with Crippen molar-refractivity contribution in [2.24, 2.45) is 0 Å². The highest BCUT2D eigenvalue weighted by molar-refractivity contribution is 7.25. The summed E-state index contributed by atoms with van der Waals surface area (Å²) >= 11 is 1.87. The molecule has 306 valence electrons. The standard InChI is InChI=1S/C63H43NS/c1-62(43-20-5-2-6-21-43)55-31-14-11-27-50(55)52-37-35-48(41-58(52)62)64(46-26-17-19-42(39-46)49-30-18-34-60-61(49)53-29-13-16-33-59(53)65-60)47-36-38-57-54(40-47)51-28-12-15-32-56(51)63(57,44-22-7-3-8-23-44)45-24-9-4-10-25-45/h2-41H,1H3. The summed E-state index contributed by atoms with van der Waals surface area (Å²) in [6.07, 6.45) is 0. The molecule has 11 aromatic rings. The summed E-state index contributed by atoms with van der Waals surface area (Å²) in [6.45, 7) is 2.41. The first-order valence-electron chi connectivity index (χ1n) is 22.6. The molecule has 65 heavy (non-hydrogen) atoms. The van der Waals surface area contributed by atoms with Crippen molar-refractivity contribution in [2.45, 2.75) is 17.8 Å². The van der Waals surface area contributed by atoms with Crippen LogP contribution >= 0.6 is 11.3 Å². The molecule has 0 N–H and O–H groups in total. The largest absolute Gasteiger partial charge is 0.310 e. The summed E-state index contributed by atoms with van der Waals surface area (Å²) in [6, 6.07) is 90.5. The summed E-state index contributed by atoms with van der Waals surface area (Å²) in [5.74, 6) is 0. The highest BCUT2D eigenvalue weighted by Gasteiger charge is 2.46. The summed E-state index contributed by atoms with van der Waals surface area (Å²) in [4.78, 5) is 2.50. The van der Waals surface area contributed by atoms with Crippen LogP contribution in [-0.2, 0) is 10.8 Å². The van der Waals surface area contributed by atoms with Gasteiger partial charge in [0.1, 0.15) is 0 Å². The van der Waals surface area contributed by atoms with Crippen LogP contribution in [0.3, 0.4) is 0 Å². The maximum atomic E-state index is 2.50. The molecule has 0 saturated heterocycles. The van der Waals surface area contributed by atoms with Gasteiger partial charge >= 0.3 is 0 Å². The minimum atomic E-state index is -0.476. The van der Waals surface area contributed by atoms with Gasteiger partial charge in [-0.15, -0.1) is 11.3 Å². The molecule has 0 aliphatic heterocycles. The molecular formula is C63H43NS. The first-order valence-corrected chi connectivity index (χ1v) is 23.4. The molecule has 2 aliphatic rings. The average Bonchev–Trinajstić information content (AvgIpc) is 4.00. The summed E-state index contributed by atoms with van der Waals surface area (Å²) < 4.78 is 2.62. The molecule has 1 aromatic heterocycles. The van der Waals surface area contributed by atoms with Crippen LogP contribution in [-0.4, -0.2) is 0 Å². The number of rotatable bonds is 7. The Hall–Kier alpha value is -7.78. The van der Waals surface area contributed by atoms with Crippen LogP contribution in [0.2, 0.25) is 0 Å². The van der Waals surface area contributed by atoms with Crippen molar-refractivity contribution in [2.75, 3.05) is 4.90 Å². The van der Waals surface area contributed by atoms with Crippen LogP contribution in [0, 0.1) is 0 Å². The van der Waals surface area contributed by atoms with E-state index in [1.54, 1.807) is 0 Å². The Labute approximate surface area is 384 Å². The van der Waals surface area contributed by atoms with Gasteiger partial charge in [0.05, 0.1) is 5.41 Å². The second kappa shape index (κ2) is 14.6. The van der Waals surface area contributed by atoms with Gasteiger partial charge in [-0.2, -0.15) is 0 Å². The molecule has 0 fully saturated rings. The zero-order valence-electron chi connectivity index (χ0n) is 35.9. The third kappa shape index (κ3) is 5.51. The molecule has 1 nitrogen and oxygen atoms in total. The molecule has 0 spiro atoms. The molecule has 0 bridgehead atoms. The predicted molar refractivity (Wildman–Crippen MR) is 274 cm³/mol. The van der Waals surface area contributed by atoms with E-state index in [1.807, 2.05) is 11.3 Å². The first-order chi connectivity index (χ1) is 32.1. The fourth-order valence-corrected chi connectivity index (χ4v) is 12.7. The van der Waals surface area contributed by atoms with E-state index in [9.17, 15) is 0 Å². The SMILES string of the molecule is CC1(c2ccccc2)c2ccccc2-c2ccc(N(c3cccc(-c4cccc5sc6ccccc6c45)c3)c3ccc4c(c3)-c3ccccc3C4(c3ccccc3)c3ccccc3)cc21. The maximum absolute atomic E-state index is 2.50. The van der Waals surface area contributed by atoms with Crippen LogP contribution in [0.4, 0.5) is 17.1 Å². The highest BCUT2D eigenvalue weighted by atomic mass is 32.1. The minimum absolute atomic E-state index is 0.339. The van der Waals surface area contributed by atoms with Crippen molar-refractivity contribution in [3.8, 4) is 33.4 Å². The Morgan fingerprint density at radius 1 is 0.338 bits per heavy atom. The monoisotopic (exact) mass is 845 g/mol. The van der Waals surface area contributed by atoms with Gasteiger partial charge in [-0.05, 0) is 128 Å². The number of hydrogen-bond donors (Lipinski definition) is 0. The fourth-order valence-electron chi connectivity index (χ4n) is 11.6. The third-order valence-corrected chi connectivity index (χ3v) is 15.6. The average molecular weight is 846 g/mol. The van der Waals surface area contributed by atoms with Gasteiger partial charge in [0.2, 0.25) is 0 Å². The van der Waals surface area contributed by atoms with Crippen LogP contribution in [0.25, 0.3) is 53.6 Å². The quantitative estimate of drug-likeness (QED) is 0.154. The Morgan fingerprint density at radius 3 is 1.62 bits per heavy atom. The van der Waals surface area contributed by atoms with Crippen molar-refractivity contribution >= 4 is 48.6 Å². The molecule has 13 rings (SSSR count). The number of benzene rings is 10. The van der Waals surface area contributed by atoms with Crippen LogP contribution in [0.5, 0.6) is 0 Å². The van der Waals surface area contributed by atoms with E-state index in [0.717, 1.165) is 17.1 Å². The molecule has 1 atom stereocenters. The molecule has 1 unspecified atom stereocenters. The van der Waals surface area contributed by atoms with Crippen molar-refractivity contribution < 1.29 is 0 Å². The van der Waals surface area contributed by atoms with E-state index in [-0.39, 0.29) is 5.41 Å². The van der Waals surface area contributed by atoms with E-state index in [0.29, 0.717) is 0 Å². The lowest BCUT2D eigenvalue weighted by molar-refractivity contribution is 0.714. The van der Waals surface area contributed by atoms with Crippen molar-refractivity contribution in [3.05, 3.63) is 282 Å². The van der Waals surface area contributed by atoms with E-state index >= 15 is 0 Å². The van der Waals surface area contributed by atoms with Gasteiger partial charge in [0.25, 0.3) is 0 Å². The zero-order chi connectivity index (χ0) is 43.1. The molecular weight excluding hydrogens is 803 g/mol. The topological polar surface area (TPSA) is 3.24 Å². The molecule has 2 aliphatic carbocycles. The molecule has 10 aromatic carbocycles. The van der Waals surface area contributed by atoms with E-state index < -0.39 is 5.41 Å². The smallest absolute Gasteiger partial charge is 0.0713 e. The number of nitrogens with zero attached hydrogens (tertiary/aromatic N) is 1. The Kier molecular flexibility index (Phi) is 8.50. The number of fused-ring (bicyclic) bond motifs is 9. The van der Waals surface area contributed by atoms with E-state index in [2.05, 4.69) is 254 Å². The maximum Gasteiger partial charge on any atom is 0.0713 e. The minimum Gasteiger partial charge on any atom is -0.310 e. The van der Waals surface area contributed by atoms with Gasteiger partial charge in [0.15, 0.2) is 0 Å². The summed E-state index contributed by atoms with van der Waals surface area (Å²) in [5.41, 5.74) is 19.2. The third-order valence-electron chi connectivity index (χ3n) is 14.4. The second-order valence-electron chi connectivity index (χ2n) is 17.7. The van der Waals surface area contributed by atoms with Crippen molar-refractivity contribution in [1.29, 1.82) is 0 Å². The lowest BCUT2D eigenvalue weighted by Gasteiger charge is -2.34. The van der Waals surface area contributed by atoms with Crippen LogP contribution in [0.15, 0.2) is 243 Å². The van der Waals surface area contributed by atoms with Crippen LogP contribution < -0.4 is 4.90 Å². The Morgan fingerprint density at radius 2 is 0.862 bits per heavy atom. The van der Waals surface area contributed by atoms with Gasteiger partial charge in [-0.25, -0.2) is 0 Å². The van der Waals surface area contributed by atoms with E-state index in [4.69, 9.17) is 0 Å².